The molecule has 1 aromatic heterocycles. The Morgan fingerprint density at radius 2 is 1.16 bits per heavy atom. The quantitative estimate of drug-likeness (QED) is 0.212. The molecule has 2 heterocycles. The third kappa shape index (κ3) is 4.83. The Labute approximate surface area is 256 Å². The molecule has 0 fully saturated rings. The summed E-state index contributed by atoms with van der Waals surface area (Å²) in [6.45, 7) is 0. The molecule has 208 valence electrons. The number of rotatable bonds is 5. The molecule has 1 N–H and O–H groups in total. The van der Waals surface area contributed by atoms with E-state index in [2.05, 4.69) is 113 Å². The van der Waals surface area contributed by atoms with E-state index in [9.17, 15) is 0 Å². The van der Waals surface area contributed by atoms with Gasteiger partial charge in [0.25, 0.3) is 0 Å². The van der Waals surface area contributed by atoms with Crippen LogP contribution in [0.25, 0.3) is 43.8 Å². The van der Waals surface area contributed by atoms with Crippen LogP contribution in [0.15, 0.2) is 168 Å². The second-order valence-corrected chi connectivity index (χ2v) is 11.0. The highest BCUT2D eigenvalue weighted by molar-refractivity contribution is 6.16. The van der Waals surface area contributed by atoms with E-state index in [1.54, 1.807) is 0 Å². The van der Waals surface area contributed by atoms with E-state index in [-0.39, 0.29) is 6.17 Å². The van der Waals surface area contributed by atoms with Gasteiger partial charge in [-0.25, -0.2) is 9.98 Å². The first kappa shape index (κ1) is 25.8. The van der Waals surface area contributed by atoms with Crippen LogP contribution in [-0.2, 0) is 0 Å². The molecule has 7 aromatic rings. The molecule has 0 bridgehead atoms. The molecular weight excluding hydrogens is 536 g/mol. The van der Waals surface area contributed by atoms with E-state index in [4.69, 9.17) is 9.98 Å². The van der Waals surface area contributed by atoms with Crippen LogP contribution >= 0.6 is 0 Å². The van der Waals surface area contributed by atoms with Crippen molar-refractivity contribution in [2.45, 2.75) is 6.17 Å². The molecule has 0 saturated carbocycles. The topological polar surface area (TPSA) is 49.6 Å². The van der Waals surface area contributed by atoms with Gasteiger partial charge in [-0.1, -0.05) is 115 Å². The fourth-order valence-electron chi connectivity index (χ4n) is 6.03. The Kier molecular flexibility index (Phi) is 6.50. The maximum Gasteiger partial charge on any atom is 0.159 e. The minimum atomic E-state index is -0.272. The molecule has 0 aliphatic carbocycles. The smallest absolute Gasteiger partial charge is 0.159 e. The van der Waals surface area contributed by atoms with E-state index in [0.717, 1.165) is 39.2 Å². The van der Waals surface area contributed by atoms with Crippen LogP contribution in [0.1, 0.15) is 22.9 Å². The molecule has 1 atom stereocenters. The largest absolute Gasteiger partial charge is 0.344 e. The van der Waals surface area contributed by atoms with Gasteiger partial charge in [-0.3, -0.25) is 4.98 Å². The minimum Gasteiger partial charge on any atom is -0.344 e. The van der Waals surface area contributed by atoms with Gasteiger partial charge < -0.3 is 5.32 Å². The first-order valence-electron chi connectivity index (χ1n) is 14.8. The fraction of sp³-hybridized carbons (Fsp3) is 0.0250. The third-order valence-electron chi connectivity index (χ3n) is 8.17. The summed E-state index contributed by atoms with van der Waals surface area (Å²) in [6, 6.07) is 50.9. The first-order valence-corrected chi connectivity index (χ1v) is 14.8. The molecule has 4 heteroatoms. The summed E-state index contributed by atoms with van der Waals surface area (Å²) in [5.74, 6) is 1.49. The highest BCUT2D eigenvalue weighted by Crippen LogP contribution is 2.37. The highest BCUT2D eigenvalue weighted by atomic mass is 15.2. The van der Waals surface area contributed by atoms with Crippen molar-refractivity contribution in [3.05, 3.63) is 175 Å². The molecule has 8 rings (SSSR count). The zero-order chi connectivity index (χ0) is 29.3. The molecule has 0 radical (unpaired) electrons. The monoisotopic (exact) mass is 564 g/mol. The standard InChI is InChI=1S/C40H28N4/c1-3-12-27(13-4-1)38-42-39(28-14-5-2-6-15-28)44-40(43-38)33-23-31(30-17-11-21-41-26-30)22-32(24-33)37-25-29-16-7-8-18-34(29)35-19-9-10-20-36(35)37/h1-26,38H,(H,42,43,44). The lowest BCUT2D eigenvalue weighted by Crippen LogP contribution is -2.33. The summed E-state index contributed by atoms with van der Waals surface area (Å²) >= 11 is 0. The van der Waals surface area contributed by atoms with Gasteiger partial charge in [-0.15, -0.1) is 0 Å². The zero-order valence-electron chi connectivity index (χ0n) is 23.9. The Balaban J connectivity index is 1.35. The second-order valence-electron chi connectivity index (χ2n) is 11.0. The molecule has 1 aliphatic heterocycles. The highest BCUT2D eigenvalue weighted by Gasteiger charge is 2.22. The van der Waals surface area contributed by atoms with E-state index >= 15 is 0 Å². The number of hydrogen-bond acceptors (Lipinski definition) is 4. The van der Waals surface area contributed by atoms with E-state index in [0.29, 0.717) is 5.84 Å². The number of benzene rings is 6. The summed E-state index contributed by atoms with van der Waals surface area (Å²) < 4.78 is 0. The van der Waals surface area contributed by atoms with Gasteiger partial charge in [0.1, 0.15) is 12.0 Å². The van der Waals surface area contributed by atoms with E-state index in [1.165, 1.54) is 27.1 Å². The van der Waals surface area contributed by atoms with Crippen molar-refractivity contribution in [2.24, 2.45) is 9.98 Å². The zero-order valence-corrected chi connectivity index (χ0v) is 23.9. The van der Waals surface area contributed by atoms with Gasteiger partial charge in [0.2, 0.25) is 0 Å². The number of aromatic nitrogens is 1. The van der Waals surface area contributed by atoms with Gasteiger partial charge in [0.05, 0.1) is 0 Å². The van der Waals surface area contributed by atoms with Crippen molar-refractivity contribution in [1.29, 1.82) is 0 Å². The molecule has 0 spiro atoms. The molecule has 6 aromatic carbocycles. The number of hydrogen-bond donors (Lipinski definition) is 1. The number of amidine groups is 2. The lowest BCUT2D eigenvalue weighted by atomic mass is 9.90. The van der Waals surface area contributed by atoms with Crippen molar-refractivity contribution in [2.75, 3.05) is 0 Å². The van der Waals surface area contributed by atoms with Gasteiger partial charge in [0, 0.05) is 29.1 Å². The van der Waals surface area contributed by atoms with Crippen LogP contribution in [0.3, 0.4) is 0 Å². The molecule has 1 unspecified atom stereocenters. The Bertz CT molecular complexity index is 2190. The van der Waals surface area contributed by atoms with Crippen molar-refractivity contribution in [3.8, 4) is 22.3 Å². The minimum absolute atomic E-state index is 0.272. The number of nitrogens with zero attached hydrogens (tertiary/aromatic N) is 3. The van der Waals surface area contributed by atoms with Gasteiger partial charge >= 0.3 is 0 Å². The first-order chi connectivity index (χ1) is 21.8. The van der Waals surface area contributed by atoms with Gasteiger partial charge in [-0.05, 0) is 74.1 Å². The normalized spacial score (nSPS) is 14.6. The molecular formula is C40H28N4. The van der Waals surface area contributed by atoms with Gasteiger partial charge in [0.15, 0.2) is 5.84 Å². The van der Waals surface area contributed by atoms with Crippen LogP contribution in [0.4, 0.5) is 0 Å². The van der Waals surface area contributed by atoms with Crippen LogP contribution in [0, 0.1) is 0 Å². The Hall–Kier alpha value is -5.87. The lowest BCUT2D eigenvalue weighted by Gasteiger charge is -2.24. The van der Waals surface area contributed by atoms with Crippen molar-refractivity contribution < 1.29 is 0 Å². The summed E-state index contributed by atoms with van der Waals surface area (Å²) in [5.41, 5.74) is 7.48. The van der Waals surface area contributed by atoms with Crippen LogP contribution in [-0.4, -0.2) is 16.7 Å². The van der Waals surface area contributed by atoms with Crippen molar-refractivity contribution in [1.82, 2.24) is 10.3 Å². The Morgan fingerprint density at radius 3 is 1.95 bits per heavy atom. The van der Waals surface area contributed by atoms with E-state index < -0.39 is 0 Å². The lowest BCUT2D eigenvalue weighted by molar-refractivity contribution is 0.674. The van der Waals surface area contributed by atoms with Crippen molar-refractivity contribution >= 4 is 33.2 Å². The molecule has 4 nitrogen and oxygen atoms in total. The van der Waals surface area contributed by atoms with Gasteiger partial charge in [-0.2, -0.15) is 0 Å². The SMILES string of the molecule is c1ccc(C2=NC(c3ccccc3)NC(c3cc(-c4cccnc4)cc(-c4cc5ccccc5c5ccccc45)c3)=N2)cc1. The predicted octanol–water partition coefficient (Wildman–Crippen LogP) is 9.22. The summed E-state index contributed by atoms with van der Waals surface area (Å²) in [5, 5.41) is 8.58. The fourth-order valence-corrected chi connectivity index (χ4v) is 6.03. The summed E-state index contributed by atoms with van der Waals surface area (Å²) in [7, 11) is 0. The van der Waals surface area contributed by atoms with Crippen molar-refractivity contribution in [3.63, 3.8) is 0 Å². The molecule has 44 heavy (non-hydrogen) atoms. The molecule has 0 amide bonds. The van der Waals surface area contributed by atoms with Crippen LogP contribution in [0.2, 0.25) is 0 Å². The number of nitrogens with one attached hydrogen (secondary N) is 1. The number of aliphatic imine (C=N–C) groups is 2. The maximum absolute atomic E-state index is 5.12. The number of pyridine rings is 1. The molecule has 0 saturated heterocycles. The van der Waals surface area contributed by atoms with E-state index in [1.807, 2.05) is 54.9 Å². The average molecular weight is 565 g/mol. The second kappa shape index (κ2) is 11.1. The van der Waals surface area contributed by atoms with Crippen LogP contribution < -0.4 is 5.32 Å². The molecule has 1 aliphatic rings. The Morgan fingerprint density at radius 1 is 0.500 bits per heavy atom. The van der Waals surface area contributed by atoms with Crippen LogP contribution in [0.5, 0.6) is 0 Å². The summed E-state index contributed by atoms with van der Waals surface area (Å²) in [4.78, 5) is 14.6. The average Bonchev–Trinajstić information content (AvgIpc) is 3.12. The summed E-state index contributed by atoms with van der Waals surface area (Å²) in [6.07, 6.45) is 3.46. The third-order valence-corrected chi connectivity index (χ3v) is 8.17. The maximum atomic E-state index is 5.12. The predicted molar refractivity (Wildman–Crippen MR) is 182 cm³/mol. The number of fused-ring (bicyclic) bond motifs is 3.